The van der Waals surface area contributed by atoms with Crippen LogP contribution in [-0.4, -0.2) is 24.4 Å². The first-order valence-electron chi connectivity index (χ1n) is 8.40. The summed E-state index contributed by atoms with van der Waals surface area (Å²) in [4.78, 5) is 0. The van der Waals surface area contributed by atoms with Crippen molar-refractivity contribution in [1.29, 1.82) is 0 Å². The molecule has 26 heavy (non-hydrogen) atoms. The molecule has 0 heterocycles. The van der Waals surface area contributed by atoms with Crippen molar-refractivity contribution in [3.05, 3.63) is 59.2 Å². The van der Waals surface area contributed by atoms with Crippen LogP contribution >= 0.6 is 0 Å². The van der Waals surface area contributed by atoms with Gasteiger partial charge in [0.1, 0.15) is 0 Å². The Hall–Kier alpha value is -1.86. The second-order valence-electron chi connectivity index (χ2n) is 6.56. The largest absolute Gasteiger partial charge is 0.408 e. The van der Waals surface area contributed by atoms with Crippen LogP contribution in [0.3, 0.4) is 0 Å². The zero-order valence-corrected chi connectivity index (χ0v) is 14.8. The van der Waals surface area contributed by atoms with Gasteiger partial charge in [0.15, 0.2) is 5.25 Å². The van der Waals surface area contributed by atoms with Gasteiger partial charge in [-0.15, -0.1) is 0 Å². The van der Waals surface area contributed by atoms with Crippen molar-refractivity contribution >= 4 is 10.1 Å². The minimum Gasteiger partial charge on any atom is -0.285 e. The van der Waals surface area contributed by atoms with Crippen molar-refractivity contribution in [1.82, 2.24) is 0 Å². The quantitative estimate of drug-likeness (QED) is 0.788. The Morgan fingerprint density at radius 2 is 1.62 bits per heavy atom. The molecule has 0 saturated heterocycles. The van der Waals surface area contributed by atoms with E-state index in [0.29, 0.717) is 12.0 Å². The van der Waals surface area contributed by atoms with Gasteiger partial charge in [0.2, 0.25) is 0 Å². The maximum Gasteiger partial charge on any atom is 0.408 e. The monoisotopic (exact) mass is 384 g/mol. The lowest BCUT2D eigenvalue weighted by molar-refractivity contribution is -0.131. The van der Waals surface area contributed by atoms with E-state index < -0.39 is 28.0 Å². The Balaban J connectivity index is 2.11. The first kappa shape index (κ1) is 18.9. The predicted molar refractivity (Wildman–Crippen MR) is 93.6 cm³/mol. The van der Waals surface area contributed by atoms with E-state index in [-0.39, 0.29) is 0 Å². The molecule has 1 unspecified atom stereocenters. The van der Waals surface area contributed by atoms with E-state index in [1.807, 2.05) is 30.3 Å². The van der Waals surface area contributed by atoms with Gasteiger partial charge in [-0.05, 0) is 53.5 Å². The fourth-order valence-corrected chi connectivity index (χ4v) is 4.31. The van der Waals surface area contributed by atoms with Gasteiger partial charge in [0.25, 0.3) is 10.1 Å². The molecule has 0 amide bonds. The summed E-state index contributed by atoms with van der Waals surface area (Å²) in [6, 6.07) is 12.8. The highest BCUT2D eigenvalue weighted by molar-refractivity contribution is 7.86. The smallest absolute Gasteiger partial charge is 0.285 e. The third-order valence-corrected chi connectivity index (χ3v) is 5.99. The topological polar surface area (TPSA) is 54.4 Å². The molecule has 140 valence electrons. The minimum atomic E-state index is -5.25. The van der Waals surface area contributed by atoms with Gasteiger partial charge >= 0.3 is 6.18 Å². The average Bonchev–Trinajstić information content (AvgIpc) is 2.53. The van der Waals surface area contributed by atoms with Gasteiger partial charge in [-0.1, -0.05) is 42.5 Å². The summed E-state index contributed by atoms with van der Waals surface area (Å²) >= 11 is 0. The van der Waals surface area contributed by atoms with E-state index in [1.165, 1.54) is 6.07 Å². The number of rotatable bonds is 3. The first-order valence-corrected chi connectivity index (χ1v) is 9.90. The average molecular weight is 384 g/mol. The molecule has 0 fully saturated rings. The van der Waals surface area contributed by atoms with Crippen LogP contribution in [0.25, 0.3) is 11.1 Å². The predicted octanol–water partition coefficient (Wildman–Crippen LogP) is 4.59. The molecule has 0 spiro atoms. The Bertz CT molecular complexity index is 904. The lowest BCUT2D eigenvalue weighted by atomic mass is 9.85. The molecule has 0 bridgehead atoms. The first-order chi connectivity index (χ1) is 12.2. The third-order valence-electron chi connectivity index (χ3n) is 4.83. The van der Waals surface area contributed by atoms with Crippen LogP contribution in [0.4, 0.5) is 13.2 Å². The summed E-state index contributed by atoms with van der Waals surface area (Å²) in [6.45, 7) is 0. The van der Waals surface area contributed by atoms with Gasteiger partial charge in [0.05, 0.1) is 0 Å². The number of benzene rings is 2. The molecule has 1 aliphatic carbocycles. The molecular weight excluding hydrogens is 365 g/mol. The van der Waals surface area contributed by atoms with Crippen molar-refractivity contribution in [3.63, 3.8) is 0 Å². The van der Waals surface area contributed by atoms with Gasteiger partial charge in [-0.3, -0.25) is 4.55 Å². The van der Waals surface area contributed by atoms with E-state index in [1.54, 1.807) is 6.07 Å². The molecule has 0 aromatic heterocycles. The molecule has 0 radical (unpaired) electrons. The molecule has 1 atom stereocenters. The van der Waals surface area contributed by atoms with Crippen LogP contribution in [0.15, 0.2) is 42.5 Å². The highest BCUT2D eigenvalue weighted by Crippen LogP contribution is 2.36. The molecule has 3 rings (SSSR count). The fraction of sp³-hybridized carbons (Fsp3) is 0.368. The van der Waals surface area contributed by atoms with E-state index in [2.05, 4.69) is 0 Å². The summed E-state index contributed by atoms with van der Waals surface area (Å²) in [7, 11) is -5.25. The molecule has 2 aromatic rings. The van der Waals surface area contributed by atoms with Crippen LogP contribution in [0.1, 0.15) is 29.5 Å². The van der Waals surface area contributed by atoms with Crippen LogP contribution in [0.5, 0.6) is 0 Å². The molecule has 7 heteroatoms. The van der Waals surface area contributed by atoms with Crippen molar-refractivity contribution in [2.75, 3.05) is 0 Å². The lowest BCUT2D eigenvalue weighted by Crippen LogP contribution is -2.38. The van der Waals surface area contributed by atoms with E-state index in [0.717, 1.165) is 41.5 Å². The summed E-state index contributed by atoms with van der Waals surface area (Å²) < 4.78 is 71.2. The zero-order chi connectivity index (χ0) is 18.9. The summed E-state index contributed by atoms with van der Waals surface area (Å²) in [5.41, 5.74) is 4.00. The van der Waals surface area contributed by atoms with Crippen molar-refractivity contribution in [3.8, 4) is 11.1 Å². The Labute approximate surface area is 150 Å². The second kappa shape index (κ2) is 7.04. The second-order valence-corrected chi connectivity index (χ2v) is 8.16. The standard InChI is InChI=1S/C19H19F3O3S/c20-19(21,22)18(26(23,24)25)12-14-8-5-11-17-15-9-3-1-6-13(15)7-2-4-10-16(14)17/h1,3,5-6,8-9,11,18H,2,4,7,10,12H2,(H,23,24,25). The van der Waals surface area contributed by atoms with Crippen LogP contribution in [0.2, 0.25) is 0 Å². The Morgan fingerprint density at radius 3 is 2.31 bits per heavy atom. The number of fused-ring (bicyclic) bond motifs is 3. The van der Waals surface area contributed by atoms with Crippen molar-refractivity contribution < 1.29 is 26.1 Å². The van der Waals surface area contributed by atoms with E-state index in [4.69, 9.17) is 4.55 Å². The molecule has 0 aliphatic heterocycles. The van der Waals surface area contributed by atoms with E-state index in [9.17, 15) is 21.6 Å². The Morgan fingerprint density at radius 1 is 0.962 bits per heavy atom. The lowest BCUT2D eigenvalue weighted by Gasteiger charge is -2.23. The summed E-state index contributed by atoms with van der Waals surface area (Å²) in [5, 5.41) is -2.82. The highest BCUT2D eigenvalue weighted by atomic mass is 32.2. The fourth-order valence-electron chi connectivity index (χ4n) is 3.58. The number of alkyl halides is 3. The number of hydrogen-bond donors (Lipinski definition) is 1. The van der Waals surface area contributed by atoms with Gasteiger partial charge in [-0.2, -0.15) is 21.6 Å². The van der Waals surface area contributed by atoms with Crippen LogP contribution < -0.4 is 0 Å². The zero-order valence-electron chi connectivity index (χ0n) is 14.0. The normalized spacial score (nSPS) is 16.2. The highest BCUT2D eigenvalue weighted by Gasteiger charge is 2.48. The third kappa shape index (κ3) is 3.94. The molecule has 1 aliphatic rings. The SMILES string of the molecule is O=S(=O)(O)C(Cc1cccc2c1CCCCc1ccccc1-2)C(F)(F)F. The number of aryl methyl sites for hydroxylation is 1. The van der Waals surface area contributed by atoms with Crippen LogP contribution in [0, 0.1) is 0 Å². The van der Waals surface area contributed by atoms with Gasteiger partial charge < -0.3 is 0 Å². The molecular formula is C19H19F3O3S. The van der Waals surface area contributed by atoms with Crippen molar-refractivity contribution in [2.24, 2.45) is 0 Å². The van der Waals surface area contributed by atoms with Crippen LogP contribution in [-0.2, 0) is 29.4 Å². The number of hydrogen-bond acceptors (Lipinski definition) is 2. The molecule has 3 nitrogen and oxygen atoms in total. The maximum atomic E-state index is 13.2. The van der Waals surface area contributed by atoms with Gasteiger partial charge in [0, 0.05) is 6.42 Å². The number of halogens is 3. The molecule has 1 N–H and O–H groups in total. The summed E-state index contributed by atoms with van der Waals surface area (Å²) in [6.07, 6.45) is -2.62. The van der Waals surface area contributed by atoms with E-state index >= 15 is 0 Å². The Kier molecular flexibility index (Phi) is 5.12. The minimum absolute atomic E-state index is 0.319. The molecule has 2 aromatic carbocycles. The van der Waals surface area contributed by atoms with Crippen molar-refractivity contribution in [2.45, 2.75) is 43.5 Å². The summed E-state index contributed by atoms with van der Waals surface area (Å²) in [5.74, 6) is 0. The molecule has 0 saturated carbocycles. The van der Waals surface area contributed by atoms with Gasteiger partial charge in [-0.25, -0.2) is 0 Å². The maximum absolute atomic E-state index is 13.2.